The molecule has 0 bridgehead atoms. The minimum absolute atomic E-state index is 0.119. The SMILES string of the molecule is Cc1ccc(-c2ccc(=O)n(CCNC(=O)COc3cc(C)c(Cl)c(C)c3)n2)cc1. The van der Waals surface area contributed by atoms with Crippen molar-refractivity contribution in [3.63, 3.8) is 0 Å². The molecule has 1 N–H and O–H groups in total. The van der Waals surface area contributed by atoms with Gasteiger partial charge in [-0.2, -0.15) is 5.10 Å². The maximum atomic E-state index is 12.1. The molecule has 2 aromatic carbocycles. The number of nitrogens with zero attached hydrogens (tertiary/aromatic N) is 2. The molecule has 0 aliphatic rings. The number of ether oxygens (including phenoxy) is 1. The van der Waals surface area contributed by atoms with Crippen LogP contribution in [0.5, 0.6) is 5.75 Å². The second-order valence-corrected chi connectivity index (χ2v) is 7.53. The van der Waals surface area contributed by atoms with Gasteiger partial charge in [0, 0.05) is 23.2 Å². The van der Waals surface area contributed by atoms with E-state index in [1.165, 1.54) is 10.7 Å². The summed E-state index contributed by atoms with van der Waals surface area (Å²) in [5, 5.41) is 7.84. The Kier molecular flexibility index (Phi) is 6.90. The van der Waals surface area contributed by atoms with Gasteiger partial charge in [-0.15, -0.1) is 0 Å². The van der Waals surface area contributed by atoms with E-state index in [-0.39, 0.29) is 31.2 Å². The van der Waals surface area contributed by atoms with Crippen molar-refractivity contribution in [2.24, 2.45) is 0 Å². The van der Waals surface area contributed by atoms with Gasteiger partial charge in [0.1, 0.15) is 5.75 Å². The molecule has 156 valence electrons. The van der Waals surface area contributed by atoms with Crippen LogP contribution in [0.25, 0.3) is 11.3 Å². The number of carbonyl (C=O) groups excluding carboxylic acids is 1. The van der Waals surface area contributed by atoms with E-state index in [9.17, 15) is 9.59 Å². The summed E-state index contributed by atoms with van der Waals surface area (Å²) in [6.45, 7) is 6.20. The van der Waals surface area contributed by atoms with E-state index in [1.807, 2.05) is 45.0 Å². The topological polar surface area (TPSA) is 73.2 Å². The van der Waals surface area contributed by atoms with Crippen LogP contribution in [0.1, 0.15) is 16.7 Å². The first kappa shape index (κ1) is 21.6. The summed E-state index contributed by atoms with van der Waals surface area (Å²) in [5.41, 5.74) is 4.36. The van der Waals surface area contributed by atoms with Crippen molar-refractivity contribution >= 4 is 17.5 Å². The molecule has 0 fully saturated rings. The fourth-order valence-electron chi connectivity index (χ4n) is 2.98. The number of carbonyl (C=O) groups is 1. The highest BCUT2D eigenvalue weighted by molar-refractivity contribution is 6.32. The first-order valence-electron chi connectivity index (χ1n) is 9.65. The van der Waals surface area contributed by atoms with Crippen LogP contribution in [0.4, 0.5) is 0 Å². The van der Waals surface area contributed by atoms with Crippen LogP contribution >= 0.6 is 11.6 Å². The van der Waals surface area contributed by atoms with E-state index in [0.29, 0.717) is 16.5 Å². The molecule has 1 aromatic heterocycles. The third-order valence-electron chi connectivity index (χ3n) is 4.64. The Balaban J connectivity index is 1.54. The number of hydrogen-bond donors (Lipinski definition) is 1. The van der Waals surface area contributed by atoms with Gasteiger partial charge >= 0.3 is 0 Å². The predicted octanol–water partition coefficient (Wildman–Crippen LogP) is 3.68. The van der Waals surface area contributed by atoms with Gasteiger partial charge in [0.15, 0.2) is 6.61 Å². The van der Waals surface area contributed by atoms with Gasteiger partial charge in [-0.1, -0.05) is 41.4 Å². The van der Waals surface area contributed by atoms with Gasteiger partial charge in [-0.3, -0.25) is 9.59 Å². The van der Waals surface area contributed by atoms with E-state index in [4.69, 9.17) is 16.3 Å². The van der Waals surface area contributed by atoms with Crippen molar-refractivity contribution in [2.45, 2.75) is 27.3 Å². The number of amides is 1. The number of benzene rings is 2. The third kappa shape index (κ3) is 5.48. The Morgan fingerprint density at radius 1 is 1.07 bits per heavy atom. The lowest BCUT2D eigenvalue weighted by Crippen LogP contribution is -2.34. The van der Waals surface area contributed by atoms with Crippen molar-refractivity contribution in [2.75, 3.05) is 13.2 Å². The molecular formula is C23H24ClN3O3. The van der Waals surface area contributed by atoms with Gasteiger partial charge in [0.2, 0.25) is 0 Å². The number of halogens is 1. The first-order chi connectivity index (χ1) is 14.3. The van der Waals surface area contributed by atoms with Crippen LogP contribution in [0.15, 0.2) is 53.3 Å². The van der Waals surface area contributed by atoms with E-state index in [0.717, 1.165) is 22.3 Å². The van der Waals surface area contributed by atoms with Crippen LogP contribution in [0, 0.1) is 20.8 Å². The maximum Gasteiger partial charge on any atom is 0.266 e. The number of aromatic nitrogens is 2. The Bertz CT molecular complexity index is 1080. The molecule has 0 saturated carbocycles. The van der Waals surface area contributed by atoms with Gasteiger partial charge in [-0.05, 0) is 50.1 Å². The van der Waals surface area contributed by atoms with E-state index in [1.54, 1.807) is 18.2 Å². The fourth-order valence-corrected chi connectivity index (χ4v) is 3.09. The van der Waals surface area contributed by atoms with E-state index < -0.39 is 0 Å². The molecular weight excluding hydrogens is 402 g/mol. The Hall–Kier alpha value is -3.12. The van der Waals surface area contributed by atoms with Crippen LogP contribution in [0.2, 0.25) is 5.02 Å². The lowest BCUT2D eigenvalue weighted by atomic mass is 10.1. The summed E-state index contributed by atoms with van der Waals surface area (Å²) in [7, 11) is 0. The highest BCUT2D eigenvalue weighted by atomic mass is 35.5. The second kappa shape index (κ2) is 9.59. The Morgan fingerprint density at radius 3 is 2.40 bits per heavy atom. The highest BCUT2D eigenvalue weighted by Crippen LogP contribution is 2.25. The van der Waals surface area contributed by atoms with Gasteiger partial charge in [-0.25, -0.2) is 4.68 Å². The minimum atomic E-state index is -0.275. The van der Waals surface area contributed by atoms with Gasteiger partial charge in [0.05, 0.1) is 12.2 Å². The maximum absolute atomic E-state index is 12.1. The molecule has 1 amide bonds. The number of rotatable bonds is 7. The summed E-state index contributed by atoms with van der Waals surface area (Å²) in [4.78, 5) is 24.2. The van der Waals surface area contributed by atoms with Crippen LogP contribution in [-0.2, 0) is 11.3 Å². The first-order valence-corrected chi connectivity index (χ1v) is 10.0. The summed E-state index contributed by atoms with van der Waals surface area (Å²) < 4.78 is 6.89. The van der Waals surface area contributed by atoms with E-state index in [2.05, 4.69) is 10.4 Å². The van der Waals surface area contributed by atoms with E-state index >= 15 is 0 Å². The lowest BCUT2D eigenvalue weighted by molar-refractivity contribution is -0.123. The quantitative estimate of drug-likeness (QED) is 0.626. The molecule has 0 saturated heterocycles. The molecule has 3 rings (SSSR count). The van der Waals surface area contributed by atoms with Crippen LogP contribution in [-0.4, -0.2) is 28.8 Å². The highest BCUT2D eigenvalue weighted by Gasteiger charge is 2.08. The van der Waals surface area contributed by atoms with Crippen molar-refractivity contribution in [3.05, 3.63) is 80.6 Å². The molecule has 0 spiro atoms. The minimum Gasteiger partial charge on any atom is -0.484 e. The number of aryl methyl sites for hydroxylation is 3. The zero-order chi connectivity index (χ0) is 21.7. The van der Waals surface area contributed by atoms with Crippen molar-refractivity contribution in [3.8, 4) is 17.0 Å². The molecule has 0 aliphatic heterocycles. The zero-order valence-corrected chi connectivity index (χ0v) is 18.0. The summed E-state index contributed by atoms with van der Waals surface area (Å²) >= 11 is 6.14. The molecule has 0 atom stereocenters. The summed E-state index contributed by atoms with van der Waals surface area (Å²) in [5.74, 6) is 0.316. The molecule has 30 heavy (non-hydrogen) atoms. The average molecular weight is 426 g/mol. The molecule has 0 radical (unpaired) electrons. The Morgan fingerprint density at radius 2 is 1.73 bits per heavy atom. The second-order valence-electron chi connectivity index (χ2n) is 7.16. The largest absolute Gasteiger partial charge is 0.484 e. The molecule has 6 nitrogen and oxygen atoms in total. The molecule has 7 heteroatoms. The smallest absolute Gasteiger partial charge is 0.266 e. The third-order valence-corrected chi connectivity index (χ3v) is 5.24. The molecule has 0 unspecified atom stereocenters. The lowest BCUT2D eigenvalue weighted by Gasteiger charge is -2.11. The normalized spacial score (nSPS) is 10.7. The van der Waals surface area contributed by atoms with Gasteiger partial charge in [0.25, 0.3) is 11.5 Å². The van der Waals surface area contributed by atoms with Gasteiger partial charge < -0.3 is 10.1 Å². The standard InChI is InChI=1S/C23H24ClN3O3/c1-15-4-6-18(7-5-15)20-8-9-22(29)27(26-20)11-10-25-21(28)14-30-19-12-16(2)23(24)17(3)13-19/h4-9,12-13H,10-11,14H2,1-3H3,(H,25,28). The molecule has 0 aliphatic carbocycles. The number of hydrogen-bond acceptors (Lipinski definition) is 4. The van der Waals surface area contributed by atoms with Crippen LogP contribution in [0.3, 0.4) is 0 Å². The molecule has 1 heterocycles. The monoisotopic (exact) mass is 425 g/mol. The van der Waals surface area contributed by atoms with Crippen molar-refractivity contribution < 1.29 is 9.53 Å². The van der Waals surface area contributed by atoms with Crippen molar-refractivity contribution in [1.29, 1.82) is 0 Å². The zero-order valence-electron chi connectivity index (χ0n) is 17.2. The summed E-state index contributed by atoms with van der Waals surface area (Å²) in [6, 6.07) is 14.7. The van der Waals surface area contributed by atoms with Crippen molar-refractivity contribution in [1.82, 2.24) is 15.1 Å². The van der Waals surface area contributed by atoms with Crippen LogP contribution < -0.4 is 15.6 Å². The molecule has 3 aromatic rings. The summed E-state index contributed by atoms with van der Waals surface area (Å²) in [6.07, 6.45) is 0. The fraction of sp³-hybridized carbons (Fsp3) is 0.261. The number of nitrogens with one attached hydrogen (secondary N) is 1. The average Bonchev–Trinajstić information content (AvgIpc) is 2.72. The Labute approximate surface area is 180 Å². The predicted molar refractivity (Wildman–Crippen MR) is 118 cm³/mol.